The maximum atomic E-state index is 6.77. The van der Waals surface area contributed by atoms with Crippen molar-refractivity contribution in [1.29, 1.82) is 0 Å². The number of fused-ring (bicyclic) bond motifs is 13. The number of benzene rings is 10. The molecular formula is C60H38O. The lowest BCUT2D eigenvalue weighted by Gasteiger charge is -2.41. The van der Waals surface area contributed by atoms with E-state index in [-0.39, 0.29) is 0 Å². The van der Waals surface area contributed by atoms with Crippen molar-refractivity contribution >= 4 is 10.8 Å². The van der Waals surface area contributed by atoms with E-state index in [2.05, 4.69) is 231 Å². The van der Waals surface area contributed by atoms with Gasteiger partial charge in [0.15, 0.2) is 0 Å². The lowest BCUT2D eigenvalue weighted by molar-refractivity contribution is 0.434. The molecule has 0 radical (unpaired) electrons. The first-order chi connectivity index (χ1) is 30.3. The van der Waals surface area contributed by atoms with Crippen molar-refractivity contribution in [2.24, 2.45) is 0 Å². The molecule has 10 aromatic rings. The molecule has 0 aromatic heterocycles. The van der Waals surface area contributed by atoms with Crippen LogP contribution in [0.15, 0.2) is 231 Å². The molecule has 1 heteroatoms. The van der Waals surface area contributed by atoms with Gasteiger partial charge in [0.2, 0.25) is 0 Å². The number of ether oxygens (including phenoxy) is 1. The Kier molecular flexibility index (Phi) is 7.21. The summed E-state index contributed by atoms with van der Waals surface area (Å²) in [5.74, 6) is 1.76. The quantitative estimate of drug-likeness (QED) is 0.173. The normalized spacial score (nSPS) is 14.3. The van der Waals surface area contributed by atoms with Crippen molar-refractivity contribution in [1.82, 2.24) is 0 Å². The fraction of sp³-hybridized carbons (Fsp3) is 0.0333. The van der Waals surface area contributed by atoms with Gasteiger partial charge in [-0.05, 0) is 113 Å². The molecule has 0 bridgehead atoms. The van der Waals surface area contributed by atoms with Crippen molar-refractivity contribution < 1.29 is 4.74 Å². The first-order valence-corrected chi connectivity index (χ1v) is 21.3. The summed E-state index contributed by atoms with van der Waals surface area (Å²) in [6.07, 6.45) is 0. The van der Waals surface area contributed by atoms with E-state index in [0.29, 0.717) is 0 Å². The highest BCUT2D eigenvalue weighted by Gasteiger charge is 2.51. The third kappa shape index (κ3) is 4.55. The summed E-state index contributed by atoms with van der Waals surface area (Å²) in [5, 5.41) is 2.45. The Morgan fingerprint density at radius 3 is 1.20 bits per heavy atom. The lowest BCUT2D eigenvalue weighted by Crippen LogP contribution is -2.34. The summed E-state index contributed by atoms with van der Waals surface area (Å²) >= 11 is 0. The third-order valence-corrected chi connectivity index (χ3v) is 13.9. The van der Waals surface area contributed by atoms with Gasteiger partial charge in [-0.15, -0.1) is 0 Å². The molecule has 0 amide bonds. The molecule has 1 nitrogen and oxygen atoms in total. The number of hydrogen-bond donors (Lipinski definition) is 0. The molecule has 0 saturated heterocycles. The minimum atomic E-state index is -0.589. The van der Waals surface area contributed by atoms with Crippen LogP contribution >= 0.6 is 0 Å². The van der Waals surface area contributed by atoms with Gasteiger partial charge in [-0.3, -0.25) is 0 Å². The van der Waals surface area contributed by atoms with Crippen LogP contribution in [0.25, 0.3) is 55.3 Å². The van der Waals surface area contributed by atoms with E-state index in [1.54, 1.807) is 0 Å². The van der Waals surface area contributed by atoms with Gasteiger partial charge >= 0.3 is 0 Å². The van der Waals surface area contributed by atoms with Crippen molar-refractivity contribution in [3.05, 3.63) is 275 Å². The standard InChI is InChI=1S/C60H38O/c1-3-17-41(18-4-1)59(42-19-5-2-6-20-42)54-29-15-16-30-57(54)61-58-36-32-40(38-56(58)59)44-35-34-43(45-21-7-8-22-46(44)45)39-31-33-50-49-25-11-14-28-53(49)60(55(50)37-39)51-26-12-9-23-47(51)48-24-10-13-27-52(48)60/h1-38H. The summed E-state index contributed by atoms with van der Waals surface area (Å²) in [6.45, 7) is 0. The summed E-state index contributed by atoms with van der Waals surface area (Å²) in [5.41, 5.74) is 19.2. The van der Waals surface area contributed by atoms with E-state index < -0.39 is 10.8 Å². The second-order valence-corrected chi connectivity index (χ2v) is 16.6. The molecule has 1 aliphatic heterocycles. The molecular weight excluding hydrogens is 737 g/mol. The average Bonchev–Trinajstić information content (AvgIpc) is 3.80. The van der Waals surface area contributed by atoms with Crippen LogP contribution in [0.1, 0.15) is 44.5 Å². The van der Waals surface area contributed by atoms with Crippen LogP contribution < -0.4 is 4.74 Å². The van der Waals surface area contributed by atoms with E-state index in [1.165, 1.54) is 83.1 Å². The second kappa shape index (κ2) is 12.9. The van der Waals surface area contributed by atoms with Gasteiger partial charge in [-0.1, -0.05) is 206 Å². The van der Waals surface area contributed by atoms with E-state index in [4.69, 9.17) is 4.74 Å². The fourth-order valence-electron chi connectivity index (χ4n) is 11.4. The summed E-state index contributed by atoms with van der Waals surface area (Å²) in [7, 11) is 0. The van der Waals surface area contributed by atoms with E-state index in [0.717, 1.165) is 28.2 Å². The number of rotatable bonds is 4. The third-order valence-electron chi connectivity index (χ3n) is 13.9. The first kappa shape index (κ1) is 34.2. The zero-order chi connectivity index (χ0) is 40.1. The highest BCUT2D eigenvalue weighted by Crippen LogP contribution is 2.63. The van der Waals surface area contributed by atoms with Gasteiger partial charge in [0.25, 0.3) is 0 Å². The Morgan fingerprint density at radius 2 is 0.639 bits per heavy atom. The molecule has 0 fully saturated rings. The SMILES string of the molecule is c1ccc(C2(c3ccccc3)c3ccccc3Oc3ccc(-c4ccc(-c5ccc6c(c5)C5(c7ccccc7-c7ccccc75)c5ccccc5-6)c5ccccc45)cc32)cc1. The van der Waals surface area contributed by atoms with Gasteiger partial charge in [0, 0.05) is 11.1 Å². The molecule has 0 N–H and O–H groups in total. The van der Waals surface area contributed by atoms with Crippen LogP contribution in [0.2, 0.25) is 0 Å². The Bertz CT molecular complexity index is 3290. The number of hydrogen-bond acceptors (Lipinski definition) is 1. The molecule has 0 atom stereocenters. The lowest BCUT2D eigenvalue weighted by atomic mass is 9.63. The average molecular weight is 775 g/mol. The van der Waals surface area contributed by atoms with Gasteiger partial charge in [0.05, 0.1) is 10.8 Å². The van der Waals surface area contributed by atoms with Crippen LogP contribution in [0, 0.1) is 0 Å². The van der Waals surface area contributed by atoms with Crippen LogP contribution in [-0.4, -0.2) is 0 Å². The van der Waals surface area contributed by atoms with Gasteiger partial charge in [0.1, 0.15) is 11.5 Å². The molecule has 13 rings (SSSR count). The van der Waals surface area contributed by atoms with Crippen molar-refractivity contribution in [3.8, 4) is 56.0 Å². The zero-order valence-corrected chi connectivity index (χ0v) is 33.3. The summed E-state index contributed by atoms with van der Waals surface area (Å²) < 4.78 is 6.77. The fourth-order valence-corrected chi connectivity index (χ4v) is 11.4. The molecule has 0 unspecified atom stereocenters. The van der Waals surface area contributed by atoms with E-state index in [1.807, 2.05) is 0 Å². The minimum Gasteiger partial charge on any atom is -0.457 e. The Morgan fingerprint density at radius 1 is 0.246 bits per heavy atom. The van der Waals surface area contributed by atoms with Gasteiger partial charge in [-0.2, -0.15) is 0 Å². The predicted octanol–water partition coefficient (Wildman–Crippen LogP) is 15.0. The minimum absolute atomic E-state index is 0.390. The second-order valence-electron chi connectivity index (χ2n) is 16.6. The van der Waals surface area contributed by atoms with E-state index in [9.17, 15) is 0 Å². The maximum absolute atomic E-state index is 6.77. The molecule has 61 heavy (non-hydrogen) atoms. The molecule has 284 valence electrons. The zero-order valence-electron chi connectivity index (χ0n) is 33.3. The van der Waals surface area contributed by atoms with Gasteiger partial charge < -0.3 is 4.74 Å². The predicted molar refractivity (Wildman–Crippen MR) is 250 cm³/mol. The molecule has 3 aliphatic rings. The summed E-state index contributed by atoms with van der Waals surface area (Å²) in [6, 6.07) is 85.1. The monoisotopic (exact) mass is 774 g/mol. The van der Waals surface area contributed by atoms with Crippen LogP contribution in [0.3, 0.4) is 0 Å². The summed E-state index contributed by atoms with van der Waals surface area (Å²) in [4.78, 5) is 0. The van der Waals surface area contributed by atoms with Crippen molar-refractivity contribution in [2.45, 2.75) is 10.8 Å². The maximum Gasteiger partial charge on any atom is 0.132 e. The Hall–Kier alpha value is -7.74. The Balaban J connectivity index is 1.01. The smallest absolute Gasteiger partial charge is 0.132 e. The van der Waals surface area contributed by atoms with Crippen molar-refractivity contribution in [3.63, 3.8) is 0 Å². The topological polar surface area (TPSA) is 9.23 Å². The molecule has 1 spiro atoms. The van der Waals surface area contributed by atoms with Gasteiger partial charge in [-0.25, -0.2) is 0 Å². The van der Waals surface area contributed by atoms with Crippen LogP contribution in [0.4, 0.5) is 0 Å². The molecule has 0 saturated carbocycles. The van der Waals surface area contributed by atoms with Crippen LogP contribution in [-0.2, 0) is 10.8 Å². The molecule has 2 aliphatic carbocycles. The molecule has 10 aromatic carbocycles. The highest BCUT2D eigenvalue weighted by molar-refractivity contribution is 6.06. The van der Waals surface area contributed by atoms with Crippen LogP contribution in [0.5, 0.6) is 11.5 Å². The van der Waals surface area contributed by atoms with E-state index >= 15 is 0 Å². The van der Waals surface area contributed by atoms with Crippen molar-refractivity contribution in [2.75, 3.05) is 0 Å². The number of para-hydroxylation sites is 1. The molecule has 1 heterocycles. The highest BCUT2D eigenvalue weighted by atomic mass is 16.5. The largest absolute Gasteiger partial charge is 0.457 e. The Labute approximate surface area is 355 Å². The first-order valence-electron chi connectivity index (χ1n) is 21.3.